The van der Waals surface area contributed by atoms with Gasteiger partial charge in [0.05, 0.1) is 0 Å². The molecule has 0 amide bonds. The van der Waals surface area contributed by atoms with Gasteiger partial charge in [-0.3, -0.25) is 0 Å². The molecule has 1 atom stereocenters. The fourth-order valence-electron chi connectivity index (χ4n) is 1.46. The van der Waals surface area contributed by atoms with E-state index in [1.165, 1.54) is 5.56 Å². The largest absolute Gasteiger partial charge is 0.310 e. The van der Waals surface area contributed by atoms with E-state index < -0.39 is 0 Å². The first-order chi connectivity index (χ1) is 7.24. The molecule has 1 nitrogen and oxygen atoms in total. The molecule has 1 rings (SSSR count). The van der Waals surface area contributed by atoms with Gasteiger partial charge in [0.25, 0.3) is 0 Å². The van der Waals surface area contributed by atoms with Crippen LogP contribution in [-0.2, 0) is 0 Å². The smallest absolute Gasteiger partial charge is 0.0409 e. The molecule has 0 aliphatic carbocycles. The summed E-state index contributed by atoms with van der Waals surface area (Å²) in [5, 5.41) is 4.25. The molecule has 1 unspecified atom stereocenters. The molecular formula is C13H18ClN. The van der Waals surface area contributed by atoms with Crippen LogP contribution in [0.3, 0.4) is 0 Å². The van der Waals surface area contributed by atoms with Gasteiger partial charge in [0.1, 0.15) is 0 Å². The van der Waals surface area contributed by atoms with Crippen LogP contribution in [0.5, 0.6) is 0 Å². The van der Waals surface area contributed by atoms with E-state index in [4.69, 9.17) is 11.6 Å². The zero-order chi connectivity index (χ0) is 11.1. The monoisotopic (exact) mass is 223 g/mol. The summed E-state index contributed by atoms with van der Waals surface area (Å²) in [5.41, 5.74) is 1.24. The quantitative estimate of drug-likeness (QED) is 0.569. The first-order valence-electron chi connectivity index (χ1n) is 5.34. The second-order valence-corrected chi connectivity index (χ2v) is 4.10. The van der Waals surface area contributed by atoms with Gasteiger partial charge in [-0.2, -0.15) is 0 Å². The van der Waals surface area contributed by atoms with Crippen molar-refractivity contribution in [1.29, 1.82) is 0 Å². The number of hydrogen-bond acceptors (Lipinski definition) is 1. The van der Waals surface area contributed by atoms with E-state index in [2.05, 4.69) is 24.9 Å². The molecular weight excluding hydrogens is 206 g/mol. The van der Waals surface area contributed by atoms with Crippen LogP contribution in [0.1, 0.15) is 31.4 Å². The lowest BCUT2D eigenvalue weighted by Gasteiger charge is -2.14. The maximum absolute atomic E-state index is 5.93. The Morgan fingerprint density at radius 2 is 2.33 bits per heavy atom. The summed E-state index contributed by atoms with van der Waals surface area (Å²) in [6.07, 6.45) is 4.15. The average molecular weight is 224 g/mol. The highest BCUT2D eigenvalue weighted by Crippen LogP contribution is 2.17. The normalized spacial score (nSPS) is 12.4. The maximum Gasteiger partial charge on any atom is 0.0409 e. The Balaban J connectivity index is 2.39. The van der Waals surface area contributed by atoms with Gasteiger partial charge in [0.2, 0.25) is 0 Å². The average Bonchev–Trinajstić information content (AvgIpc) is 2.24. The lowest BCUT2D eigenvalue weighted by atomic mass is 10.1. The predicted octanol–water partition coefficient (Wildman–Crippen LogP) is 3.96. The maximum atomic E-state index is 5.93. The van der Waals surface area contributed by atoms with Crippen molar-refractivity contribution in [3.63, 3.8) is 0 Å². The van der Waals surface area contributed by atoms with Crippen molar-refractivity contribution in [1.82, 2.24) is 5.32 Å². The number of rotatable bonds is 6. The van der Waals surface area contributed by atoms with Crippen molar-refractivity contribution in [3.8, 4) is 0 Å². The zero-order valence-electron chi connectivity index (χ0n) is 9.17. The third-order valence-electron chi connectivity index (χ3n) is 2.38. The number of nitrogens with one attached hydrogen (secondary N) is 1. The van der Waals surface area contributed by atoms with E-state index in [9.17, 15) is 0 Å². The van der Waals surface area contributed by atoms with Crippen molar-refractivity contribution in [2.75, 3.05) is 6.54 Å². The second-order valence-electron chi connectivity index (χ2n) is 3.66. The Morgan fingerprint density at radius 1 is 1.53 bits per heavy atom. The van der Waals surface area contributed by atoms with Crippen LogP contribution in [0, 0.1) is 0 Å². The molecule has 0 aliphatic heterocycles. The highest BCUT2D eigenvalue weighted by atomic mass is 35.5. The molecule has 0 aliphatic rings. The van der Waals surface area contributed by atoms with Crippen molar-refractivity contribution in [3.05, 3.63) is 47.5 Å². The summed E-state index contributed by atoms with van der Waals surface area (Å²) in [4.78, 5) is 0. The number of benzene rings is 1. The van der Waals surface area contributed by atoms with Gasteiger partial charge in [0, 0.05) is 11.1 Å². The van der Waals surface area contributed by atoms with Gasteiger partial charge in [-0.1, -0.05) is 29.8 Å². The Hall–Kier alpha value is -0.790. The first-order valence-corrected chi connectivity index (χ1v) is 5.71. The molecule has 0 spiro atoms. The molecule has 0 aromatic heterocycles. The van der Waals surface area contributed by atoms with E-state index in [-0.39, 0.29) is 0 Å². The van der Waals surface area contributed by atoms with Crippen molar-refractivity contribution in [2.24, 2.45) is 0 Å². The van der Waals surface area contributed by atoms with Crippen molar-refractivity contribution in [2.45, 2.75) is 25.8 Å². The molecule has 0 bridgehead atoms. The number of unbranched alkanes of at least 4 members (excludes halogenated alkanes) is 1. The van der Waals surface area contributed by atoms with E-state index in [0.29, 0.717) is 6.04 Å². The van der Waals surface area contributed by atoms with Crippen LogP contribution >= 0.6 is 11.6 Å². The highest BCUT2D eigenvalue weighted by molar-refractivity contribution is 6.30. The molecule has 0 radical (unpaired) electrons. The summed E-state index contributed by atoms with van der Waals surface area (Å²) < 4.78 is 0. The van der Waals surface area contributed by atoms with Gasteiger partial charge >= 0.3 is 0 Å². The summed E-state index contributed by atoms with van der Waals surface area (Å²) in [7, 11) is 0. The Bertz CT molecular complexity index is 309. The van der Waals surface area contributed by atoms with E-state index in [0.717, 1.165) is 24.4 Å². The highest BCUT2D eigenvalue weighted by Gasteiger charge is 2.03. The summed E-state index contributed by atoms with van der Waals surface area (Å²) in [5.74, 6) is 0. The fourth-order valence-corrected chi connectivity index (χ4v) is 1.66. The Kier molecular flexibility index (Phi) is 5.44. The fraction of sp³-hybridized carbons (Fsp3) is 0.385. The topological polar surface area (TPSA) is 12.0 Å². The van der Waals surface area contributed by atoms with Crippen molar-refractivity contribution >= 4 is 11.6 Å². The number of halogens is 1. The zero-order valence-corrected chi connectivity index (χ0v) is 9.93. The summed E-state index contributed by atoms with van der Waals surface area (Å²) >= 11 is 5.93. The summed E-state index contributed by atoms with van der Waals surface area (Å²) in [6, 6.07) is 8.34. The third-order valence-corrected chi connectivity index (χ3v) is 2.62. The molecule has 0 heterocycles. The van der Waals surface area contributed by atoms with Crippen LogP contribution in [-0.4, -0.2) is 6.54 Å². The first kappa shape index (κ1) is 12.3. The second kappa shape index (κ2) is 6.65. The van der Waals surface area contributed by atoms with Crippen LogP contribution in [0.25, 0.3) is 0 Å². The molecule has 15 heavy (non-hydrogen) atoms. The third kappa shape index (κ3) is 4.50. The predicted molar refractivity (Wildman–Crippen MR) is 67.3 cm³/mol. The Morgan fingerprint density at radius 3 is 3.00 bits per heavy atom. The van der Waals surface area contributed by atoms with Crippen molar-refractivity contribution < 1.29 is 0 Å². The van der Waals surface area contributed by atoms with Crippen LogP contribution in [0.15, 0.2) is 36.9 Å². The van der Waals surface area contributed by atoms with Crippen LogP contribution in [0.4, 0.5) is 0 Å². The van der Waals surface area contributed by atoms with E-state index >= 15 is 0 Å². The SMILES string of the molecule is C=CCCCNC(C)c1cccc(Cl)c1. The molecule has 1 aromatic rings. The molecule has 2 heteroatoms. The van der Waals surface area contributed by atoms with Crippen LogP contribution in [0.2, 0.25) is 5.02 Å². The van der Waals surface area contributed by atoms with Crippen LogP contribution < -0.4 is 5.32 Å². The van der Waals surface area contributed by atoms with Gasteiger partial charge < -0.3 is 5.32 Å². The van der Waals surface area contributed by atoms with Gasteiger partial charge in [-0.25, -0.2) is 0 Å². The lowest BCUT2D eigenvalue weighted by molar-refractivity contribution is 0.561. The minimum Gasteiger partial charge on any atom is -0.310 e. The Labute approximate surface area is 97.1 Å². The molecule has 0 fully saturated rings. The van der Waals surface area contributed by atoms with Gasteiger partial charge in [-0.15, -0.1) is 6.58 Å². The van der Waals surface area contributed by atoms with E-state index in [1.807, 2.05) is 24.3 Å². The minimum atomic E-state index is 0.355. The lowest BCUT2D eigenvalue weighted by Crippen LogP contribution is -2.19. The molecule has 0 saturated carbocycles. The minimum absolute atomic E-state index is 0.355. The molecule has 1 N–H and O–H groups in total. The number of hydrogen-bond donors (Lipinski definition) is 1. The summed E-state index contributed by atoms with van der Waals surface area (Å²) in [6.45, 7) is 6.87. The van der Waals surface area contributed by atoms with Gasteiger partial charge in [-0.05, 0) is 44.0 Å². The standard InChI is InChI=1S/C13H18ClN/c1-3-4-5-9-15-11(2)12-7-6-8-13(14)10-12/h3,6-8,10-11,15H,1,4-5,9H2,2H3. The van der Waals surface area contributed by atoms with E-state index in [1.54, 1.807) is 0 Å². The molecule has 82 valence electrons. The molecule has 0 saturated heterocycles. The van der Waals surface area contributed by atoms with Gasteiger partial charge in [0.15, 0.2) is 0 Å². The number of allylic oxidation sites excluding steroid dienone is 1. The molecule has 1 aromatic carbocycles.